The first-order valence-corrected chi connectivity index (χ1v) is 7.02. The van der Waals surface area contributed by atoms with Crippen molar-refractivity contribution in [3.05, 3.63) is 16.1 Å². The Bertz CT molecular complexity index is 329. The number of H-pyrrole nitrogens is 1. The summed E-state index contributed by atoms with van der Waals surface area (Å²) in [7, 11) is 0. The Morgan fingerprint density at radius 1 is 1.31 bits per heavy atom. The lowest BCUT2D eigenvalue weighted by atomic mass is 9.86. The van der Waals surface area contributed by atoms with Crippen LogP contribution in [0.3, 0.4) is 0 Å². The summed E-state index contributed by atoms with van der Waals surface area (Å²) in [5.41, 5.74) is 6.77. The van der Waals surface area contributed by atoms with Gasteiger partial charge in [0.15, 0.2) is 0 Å². The maximum Gasteiger partial charge on any atom is 0.127 e. The minimum Gasteiger partial charge on any atom is -0.344 e. The van der Waals surface area contributed by atoms with E-state index in [1.54, 1.807) is 0 Å². The fraction of sp³-hybridized carbons (Fsp3) is 0.750. The zero-order valence-corrected chi connectivity index (χ0v) is 11.2. The molecule has 3 N–H and O–H groups in total. The number of hydrogen-bond acceptors (Lipinski definition) is 2. The van der Waals surface area contributed by atoms with Crippen LogP contribution in [0.5, 0.6) is 0 Å². The second kappa shape index (κ2) is 5.82. The first-order chi connectivity index (χ1) is 7.79. The minimum atomic E-state index is 0.488. The molecule has 1 aliphatic rings. The van der Waals surface area contributed by atoms with Crippen LogP contribution in [0.1, 0.15) is 50.0 Å². The first-order valence-electron chi connectivity index (χ1n) is 6.23. The monoisotopic (exact) mass is 285 g/mol. The Kier molecular flexibility index (Phi) is 4.41. The molecule has 0 bridgehead atoms. The summed E-state index contributed by atoms with van der Waals surface area (Å²) >= 11 is 3.49. The van der Waals surface area contributed by atoms with Gasteiger partial charge < -0.3 is 10.7 Å². The van der Waals surface area contributed by atoms with Gasteiger partial charge in [0.2, 0.25) is 0 Å². The number of nitrogens with one attached hydrogen (secondary N) is 1. The van der Waals surface area contributed by atoms with E-state index in [1.165, 1.54) is 44.2 Å². The Labute approximate surface area is 105 Å². The second-order valence-corrected chi connectivity index (χ2v) is 5.45. The normalized spacial score (nSPS) is 17.9. The van der Waals surface area contributed by atoms with Crippen LogP contribution < -0.4 is 5.73 Å². The van der Waals surface area contributed by atoms with Crippen LogP contribution in [0.15, 0.2) is 4.60 Å². The Balaban J connectivity index is 1.85. The van der Waals surface area contributed by atoms with Gasteiger partial charge in [-0.3, -0.25) is 0 Å². The van der Waals surface area contributed by atoms with Gasteiger partial charge in [0.05, 0.1) is 6.54 Å². The van der Waals surface area contributed by atoms with Crippen LogP contribution in [-0.2, 0) is 13.0 Å². The number of rotatable bonds is 4. The van der Waals surface area contributed by atoms with Crippen LogP contribution in [0.25, 0.3) is 0 Å². The molecule has 1 saturated carbocycles. The molecule has 1 heterocycles. The maximum atomic E-state index is 5.56. The van der Waals surface area contributed by atoms with Crippen molar-refractivity contribution in [3.8, 4) is 0 Å². The van der Waals surface area contributed by atoms with Gasteiger partial charge in [-0.15, -0.1) is 0 Å². The van der Waals surface area contributed by atoms with Crippen molar-refractivity contribution in [1.29, 1.82) is 0 Å². The summed E-state index contributed by atoms with van der Waals surface area (Å²) < 4.78 is 0.948. The third kappa shape index (κ3) is 3.08. The Morgan fingerprint density at radius 2 is 2.06 bits per heavy atom. The van der Waals surface area contributed by atoms with Crippen molar-refractivity contribution in [1.82, 2.24) is 9.97 Å². The maximum absolute atomic E-state index is 5.56. The van der Waals surface area contributed by atoms with Crippen LogP contribution in [0.4, 0.5) is 0 Å². The highest BCUT2D eigenvalue weighted by molar-refractivity contribution is 9.10. The first kappa shape index (κ1) is 12.1. The molecule has 3 nitrogen and oxygen atoms in total. The summed E-state index contributed by atoms with van der Waals surface area (Å²) in [5.74, 6) is 1.80. The van der Waals surface area contributed by atoms with E-state index in [2.05, 4.69) is 25.9 Å². The van der Waals surface area contributed by atoms with Crippen LogP contribution in [0, 0.1) is 5.92 Å². The van der Waals surface area contributed by atoms with Gasteiger partial charge in [-0.25, -0.2) is 4.98 Å². The number of halogens is 1. The molecule has 0 aromatic carbocycles. The van der Waals surface area contributed by atoms with Gasteiger partial charge in [-0.05, 0) is 34.7 Å². The summed E-state index contributed by atoms with van der Waals surface area (Å²) in [6.45, 7) is 0.488. The van der Waals surface area contributed by atoms with E-state index < -0.39 is 0 Å². The highest BCUT2D eigenvalue weighted by Gasteiger charge is 2.15. The number of hydrogen-bond donors (Lipinski definition) is 2. The van der Waals surface area contributed by atoms with Gasteiger partial charge >= 0.3 is 0 Å². The van der Waals surface area contributed by atoms with Gasteiger partial charge in [-0.2, -0.15) is 0 Å². The fourth-order valence-electron chi connectivity index (χ4n) is 2.53. The lowest BCUT2D eigenvalue weighted by Gasteiger charge is -2.20. The lowest BCUT2D eigenvalue weighted by molar-refractivity contribution is 0.338. The van der Waals surface area contributed by atoms with E-state index in [1.807, 2.05) is 0 Å². The van der Waals surface area contributed by atoms with E-state index >= 15 is 0 Å². The van der Waals surface area contributed by atoms with Gasteiger partial charge in [-0.1, -0.05) is 32.1 Å². The van der Waals surface area contributed by atoms with E-state index in [-0.39, 0.29) is 0 Å². The number of aromatic amines is 1. The van der Waals surface area contributed by atoms with E-state index in [9.17, 15) is 0 Å². The molecule has 1 aliphatic carbocycles. The third-order valence-corrected chi connectivity index (χ3v) is 4.15. The van der Waals surface area contributed by atoms with Crippen molar-refractivity contribution in [2.24, 2.45) is 11.7 Å². The average Bonchev–Trinajstić information content (AvgIpc) is 2.69. The molecule has 0 radical (unpaired) electrons. The van der Waals surface area contributed by atoms with E-state index in [0.29, 0.717) is 6.54 Å². The highest BCUT2D eigenvalue weighted by Crippen LogP contribution is 2.28. The van der Waals surface area contributed by atoms with E-state index in [0.717, 1.165) is 22.8 Å². The summed E-state index contributed by atoms with van der Waals surface area (Å²) in [5, 5.41) is 0. The molecule has 16 heavy (non-hydrogen) atoms. The zero-order valence-electron chi connectivity index (χ0n) is 9.64. The molecule has 0 unspecified atom stereocenters. The molecule has 2 rings (SSSR count). The topological polar surface area (TPSA) is 54.7 Å². The molecular weight excluding hydrogens is 266 g/mol. The Hall–Kier alpha value is -0.350. The lowest BCUT2D eigenvalue weighted by Crippen LogP contribution is -2.07. The molecule has 0 spiro atoms. The molecule has 1 aromatic heterocycles. The standard InChI is InChI=1S/C12H20BrN3/c13-12-10(15-11(8-14)16-12)7-6-9-4-2-1-3-5-9/h9H,1-8,14H2,(H,15,16). The van der Waals surface area contributed by atoms with Crippen LogP contribution in [0.2, 0.25) is 0 Å². The molecule has 1 aromatic rings. The number of nitrogens with two attached hydrogens (primary N) is 1. The van der Waals surface area contributed by atoms with Crippen LogP contribution >= 0.6 is 15.9 Å². The van der Waals surface area contributed by atoms with Gasteiger partial charge in [0.1, 0.15) is 10.4 Å². The number of aryl methyl sites for hydroxylation is 1. The van der Waals surface area contributed by atoms with Gasteiger partial charge in [0.25, 0.3) is 0 Å². The molecular formula is C12H20BrN3. The van der Waals surface area contributed by atoms with Crippen LogP contribution in [-0.4, -0.2) is 9.97 Å². The van der Waals surface area contributed by atoms with Crippen molar-refractivity contribution >= 4 is 15.9 Å². The highest BCUT2D eigenvalue weighted by atomic mass is 79.9. The number of nitrogens with zero attached hydrogens (tertiary/aromatic N) is 1. The molecule has 1 fully saturated rings. The predicted molar refractivity (Wildman–Crippen MR) is 69.1 cm³/mol. The summed E-state index contributed by atoms with van der Waals surface area (Å²) in [4.78, 5) is 7.62. The predicted octanol–water partition coefficient (Wildman–Crippen LogP) is 3.14. The summed E-state index contributed by atoms with van der Waals surface area (Å²) in [6, 6.07) is 0. The quantitative estimate of drug-likeness (QED) is 0.893. The fourth-order valence-corrected chi connectivity index (χ4v) is 3.04. The SMILES string of the molecule is NCc1nc(Br)c(CCC2CCCCC2)[nH]1. The van der Waals surface area contributed by atoms with E-state index in [4.69, 9.17) is 5.73 Å². The van der Waals surface area contributed by atoms with Crippen molar-refractivity contribution < 1.29 is 0 Å². The molecule has 0 aliphatic heterocycles. The molecule has 4 heteroatoms. The minimum absolute atomic E-state index is 0.488. The smallest absolute Gasteiger partial charge is 0.127 e. The molecule has 0 atom stereocenters. The van der Waals surface area contributed by atoms with Crippen molar-refractivity contribution in [3.63, 3.8) is 0 Å². The Morgan fingerprint density at radius 3 is 2.69 bits per heavy atom. The summed E-state index contributed by atoms with van der Waals surface area (Å²) in [6.07, 6.45) is 9.47. The van der Waals surface area contributed by atoms with Crippen molar-refractivity contribution in [2.75, 3.05) is 0 Å². The van der Waals surface area contributed by atoms with Crippen molar-refractivity contribution in [2.45, 2.75) is 51.5 Å². The molecule has 0 amide bonds. The number of imidazole rings is 1. The average molecular weight is 286 g/mol. The third-order valence-electron chi connectivity index (χ3n) is 3.50. The zero-order chi connectivity index (χ0) is 11.4. The largest absolute Gasteiger partial charge is 0.344 e. The number of aromatic nitrogens is 2. The second-order valence-electron chi connectivity index (χ2n) is 4.70. The van der Waals surface area contributed by atoms with Gasteiger partial charge in [0, 0.05) is 5.69 Å². The molecule has 90 valence electrons. The molecule has 0 saturated heterocycles.